The van der Waals surface area contributed by atoms with E-state index in [0.29, 0.717) is 48.0 Å². The molecule has 2 aliphatic heterocycles. The number of likely N-dealkylation sites (N-methyl/N-ethyl adjacent to an activating group) is 1. The lowest BCUT2D eigenvalue weighted by atomic mass is 9.70. The van der Waals surface area contributed by atoms with E-state index in [1.165, 1.54) is 19.5 Å². The lowest BCUT2D eigenvalue weighted by Crippen LogP contribution is -2.55. The van der Waals surface area contributed by atoms with Gasteiger partial charge in [0, 0.05) is 24.0 Å². The number of rotatable bonds is 8. The second-order valence-corrected chi connectivity index (χ2v) is 10.2. The molecule has 198 valence electrons. The summed E-state index contributed by atoms with van der Waals surface area (Å²) in [6.07, 6.45) is 6.85. The molecule has 0 bridgehead atoms. The van der Waals surface area contributed by atoms with E-state index < -0.39 is 29.1 Å². The topological polar surface area (TPSA) is 108 Å². The highest BCUT2D eigenvalue weighted by molar-refractivity contribution is 5.61. The molecule has 0 amide bonds. The van der Waals surface area contributed by atoms with Crippen molar-refractivity contribution in [1.29, 1.82) is 5.26 Å². The van der Waals surface area contributed by atoms with E-state index in [9.17, 15) is 15.5 Å². The van der Waals surface area contributed by atoms with Crippen molar-refractivity contribution >= 4 is 0 Å². The number of aromatic nitrogens is 1. The van der Waals surface area contributed by atoms with Crippen LogP contribution in [0.3, 0.4) is 0 Å². The van der Waals surface area contributed by atoms with E-state index in [0.717, 1.165) is 5.56 Å². The normalized spacial score (nSPS) is 30.4. The van der Waals surface area contributed by atoms with Crippen molar-refractivity contribution in [3.63, 3.8) is 0 Å². The van der Waals surface area contributed by atoms with Crippen molar-refractivity contribution < 1.29 is 24.4 Å². The van der Waals surface area contributed by atoms with Crippen LogP contribution >= 0.6 is 0 Å². The smallest absolute Gasteiger partial charge is 0.176 e. The molecule has 2 fully saturated rings. The van der Waals surface area contributed by atoms with Crippen LogP contribution in [0.15, 0.2) is 78.7 Å². The third kappa shape index (κ3) is 3.69. The first-order chi connectivity index (χ1) is 18.3. The van der Waals surface area contributed by atoms with Crippen LogP contribution in [0.25, 0.3) is 0 Å². The van der Waals surface area contributed by atoms with Gasteiger partial charge in [0.05, 0.1) is 56.5 Å². The first-order valence-electron chi connectivity index (χ1n) is 12.7. The third-order valence-electron chi connectivity index (χ3n) is 8.30. The van der Waals surface area contributed by atoms with Gasteiger partial charge in [-0.1, -0.05) is 49.1 Å². The number of aliphatic hydroxyl groups is 2. The third-order valence-corrected chi connectivity index (χ3v) is 8.30. The lowest BCUT2D eigenvalue weighted by Gasteiger charge is -2.41. The van der Waals surface area contributed by atoms with Crippen molar-refractivity contribution in [2.24, 2.45) is 5.92 Å². The van der Waals surface area contributed by atoms with Gasteiger partial charge in [-0.3, -0.25) is 9.88 Å². The fourth-order valence-corrected chi connectivity index (χ4v) is 6.26. The molecule has 2 aromatic rings. The molecule has 5 rings (SSSR count). The van der Waals surface area contributed by atoms with Crippen LogP contribution < -0.4 is 9.47 Å². The highest BCUT2D eigenvalue weighted by Crippen LogP contribution is 2.68. The monoisotopic (exact) mass is 515 g/mol. The molecule has 1 aromatic carbocycles. The molecule has 8 nitrogen and oxygen atoms in total. The van der Waals surface area contributed by atoms with Crippen LogP contribution in [0.5, 0.6) is 11.5 Å². The number of fused-ring (bicyclic) bond motifs is 3. The summed E-state index contributed by atoms with van der Waals surface area (Å²) in [5.74, 6) is -0.298. The Bertz CT molecular complexity index is 1310. The minimum Gasteiger partial charge on any atom is -0.495 e. The number of nitriles is 1. The van der Waals surface area contributed by atoms with Crippen LogP contribution in [-0.2, 0) is 10.3 Å². The Kier molecular flexibility index (Phi) is 6.88. The van der Waals surface area contributed by atoms with Gasteiger partial charge in [0.15, 0.2) is 11.2 Å². The van der Waals surface area contributed by atoms with E-state index in [4.69, 9.17) is 14.2 Å². The zero-order valence-corrected chi connectivity index (χ0v) is 21.9. The highest BCUT2D eigenvalue weighted by atomic mass is 16.5. The summed E-state index contributed by atoms with van der Waals surface area (Å²) in [6.45, 7) is 7.88. The van der Waals surface area contributed by atoms with E-state index in [2.05, 4.69) is 22.5 Å². The number of allylic oxidation sites excluding steroid dienone is 3. The Morgan fingerprint density at radius 2 is 2.03 bits per heavy atom. The predicted molar refractivity (Wildman–Crippen MR) is 142 cm³/mol. The van der Waals surface area contributed by atoms with Gasteiger partial charge in [-0.2, -0.15) is 5.26 Å². The average Bonchev–Trinajstić information content (AvgIpc) is 3.27. The maximum Gasteiger partial charge on any atom is 0.176 e. The van der Waals surface area contributed by atoms with Crippen LogP contribution in [-0.4, -0.2) is 71.8 Å². The van der Waals surface area contributed by atoms with Gasteiger partial charge in [-0.15, -0.1) is 0 Å². The Morgan fingerprint density at radius 3 is 2.63 bits per heavy atom. The molecule has 8 heteroatoms. The molecule has 38 heavy (non-hydrogen) atoms. The largest absolute Gasteiger partial charge is 0.495 e. The summed E-state index contributed by atoms with van der Waals surface area (Å²) >= 11 is 0. The summed E-state index contributed by atoms with van der Waals surface area (Å²) < 4.78 is 17.8. The number of nitrogens with zero attached hydrogens (tertiary/aromatic N) is 3. The number of methoxy groups -OCH3 is 1. The van der Waals surface area contributed by atoms with Crippen LogP contribution in [0.1, 0.15) is 24.0 Å². The number of hydrogen-bond donors (Lipinski definition) is 2. The molecule has 3 aliphatic rings. The van der Waals surface area contributed by atoms with Gasteiger partial charge in [0.25, 0.3) is 0 Å². The summed E-state index contributed by atoms with van der Waals surface area (Å²) in [5, 5.41) is 34.4. The van der Waals surface area contributed by atoms with Crippen molar-refractivity contribution in [3.8, 4) is 17.6 Å². The van der Waals surface area contributed by atoms with Crippen LogP contribution in [0.2, 0.25) is 0 Å². The summed E-state index contributed by atoms with van der Waals surface area (Å²) in [4.78, 5) is 6.41. The number of hydrogen-bond acceptors (Lipinski definition) is 8. The van der Waals surface area contributed by atoms with Crippen molar-refractivity contribution in [1.82, 2.24) is 9.88 Å². The zero-order chi connectivity index (χ0) is 27.1. The van der Waals surface area contributed by atoms with E-state index in [-0.39, 0.29) is 6.04 Å². The summed E-state index contributed by atoms with van der Waals surface area (Å²) in [6, 6.07) is 12.1. The quantitative estimate of drug-likeness (QED) is 0.408. The van der Waals surface area contributed by atoms with Gasteiger partial charge in [0.1, 0.15) is 11.5 Å². The van der Waals surface area contributed by atoms with Gasteiger partial charge in [0.2, 0.25) is 0 Å². The Morgan fingerprint density at radius 1 is 1.29 bits per heavy atom. The van der Waals surface area contributed by atoms with Crippen LogP contribution in [0.4, 0.5) is 0 Å². The predicted octanol–water partition coefficient (Wildman–Crippen LogP) is 3.10. The van der Waals surface area contributed by atoms with Crippen molar-refractivity contribution in [3.05, 3.63) is 89.8 Å². The molecule has 3 heterocycles. The summed E-state index contributed by atoms with van der Waals surface area (Å²) in [7, 11) is 3.50. The van der Waals surface area contributed by atoms with Crippen LogP contribution in [0, 0.1) is 17.2 Å². The molecular formula is C30H33N3O5. The molecule has 2 N–H and O–H groups in total. The molecule has 1 saturated carbocycles. The van der Waals surface area contributed by atoms with E-state index in [1.54, 1.807) is 25.2 Å². The Labute approximate surface area is 223 Å². The summed E-state index contributed by atoms with van der Waals surface area (Å²) in [5.41, 5.74) is -1.30. The Hall–Kier alpha value is -3.48. The highest BCUT2D eigenvalue weighted by Gasteiger charge is 2.76. The molecule has 1 aliphatic carbocycles. The maximum atomic E-state index is 12.8. The molecule has 0 radical (unpaired) electrons. The number of pyridine rings is 1. The van der Waals surface area contributed by atoms with Gasteiger partial charge < -0.3 is 24.4 Å². The van der Waals surface area contributed by atoms with Crippen molar-refractivity contribution in [2.75, 3.05) is 33.9 Å². The Balaban J connectivity index is 1.74. The van der Waals surface area contributed by atoms with E-state index in [1.807, 2.05) is 37.4 Å². The standard InChI is InChI=1S/C30H33N3O5/c1-5-20(13-31)12-11-19(2)30-26(21-9-7-6-8-10-21)23(16-33(3)22-17-37-18-22)28(34)29(30,35)27-24(36-4)14-32-15-25(27)38-30/h5-12,14-15,22-23,26,28,34-35H,2,16-18H2,1,3-4H3/b12-11-,20-5+/t23-,26-,28-,29+,30+/m1/s1. The first-order valence-corrected chi connectivity index (χ1v) is 12.7. The molecule has 1 aromatic heterocycles. The first kappa shape index (κ1) is 26.1. The van der Waals surface area contributed by atoms with Crippen molar-refractivity contribution in [2.45, 2.75) is 36.2 Å². The van der Waals surface area contributed by atoms with E-state index >= 15 is 0 Å². The molecule has 0 unspecified atom stereocenters. The SMILES string of the molecule is C=C(/C=C\C(C#N)=C/C)[C@@]12Oc3cncc(OC)c3[C@]1(O)[C@H](O)[C@H](CN(C)C1COC1)[C@H]2c1ccccc1. The lowest BCUT2D eigenvalue weighted by molar-refractivity contribution is -0.132. The zero-order valence-electron chi connectivity index (χ0n) is 21.9. The number of ether oxygens (including phenoxy) is 3. The molecular weight excluding hydrogens is 482 g/mol. The minimum absolute atomic E-state index is 0.229. The number of benzene rings is 1. The fraction of sp³-hybridized carbons (Fsp3) is 0.400. The van der Waals surface area contributed by atoms with Gasteiger partial charge in [-0.05, 0) is 31.2 Å². The van der Waals surface area contributed by atoms with Gasteiger partial charge >= 0.3 is 0 Å². The molecule has 0 spiro atoms. The number of aliphatic hydroxyl groups excluding tert-OH is 1. The van der Waals surface area contributed by atoms with Gasteiger partial charge in [-0.25, -0.2) is 0 Å². The maximum absolute atomic E-state index is 12.8. The second-order valence-electron chi connectivity index (χ2n) is 10.2. The average molecular weight is 516 g/mol. The second kappa shape index (κ2) is 10.0. The minimum atomic E-state index is -1.91. The molecule has 5 atom stereocenters. The fourth-order valence-electron chi connectivity index (χ4n) is 6.26. The molecule has 1 saturated heterocycles.